The smallest absolute Gasteiger partial charge is 0.201 e. The molecule has 0 aromatic heterocycles. The number of rotatable bonds is 4. The maximum atomic E-state index is 12.2. The van der Waals surface area contributed by atoms with Crippen molar-refractivity contribution in [1.82, 2.24) is 0 Å². The molecule has 15 heavy (non-hydrogen) atoms. The number of alkyl halides is 3. The van der Waals surface area contributed by atoms with Crippen molar-refractivity contribution in [3.05, 3.63) is 11.9 Å². The lowest BCUT2D eigenvalue weighted by Crippen LogP contribution is -2.07. The number of allylic oxidation sites excluding steroid dienone is 2. The predicted molar refractivity (Wildman–Crippen MR) is 51.8 cm³/mol. The van der Waals surface area contributed by atoms with Crippen LogP contribution in [-0.2, 0) is 0 Å². The molecule has 0 heterocycles. The molecule has 0 bridgehead atoms. The molecular formula is C11H14F4. The summed E-state index contributed by atoms with van der Waals surface area (Å²) >= 11 is 0. The Morgan fingerprint density at radius 2 is 1.87 bits per heavy atom. The first-order chi connectivity index (χ1) is 6.98. The third kappa shape index (κ3) is 8.04. The Morgan fingerprint density at radius 1 is 1.20 bits per heavy atom. The van der Waals surface area contributed by atoms with Gasteiger partial charge < -0.3 is 0 Å². The van der Waals surface area contributed by atoms with E-state index in [1.807, 2.05) is 0 Å². The highest BCUT2D eigenvalue weighted by molar-refractivity contribution is 5.20. The van der Waals surface area contributed by atoms with E-state index in [9.17, 15) is 17.6 Å². The van der Waals surface area contributed by atoms with Crippen molar-refractivity contribution in [2.45, 2.75) is 45.2 Å². The van der Waals surface area contributed by atoms with Gasteiger partial charge in [0.05, 0.1) is 0 Å². The molecule has 0 atom stereocenters. The minimum Gasteiger partial charge on any atom is -0.201 e. The SMILES string of the molecule is CCCCCCC#C/C=C(\F)C(F)(F)F. The summed E-state index contributed by atoms with van der Waals surface area (Å²) in [5.74, 6) is 2.41. The Balaban J connectivity index is 3.79. The second-order valence-electron chi connectivity index (χ2n) is 3.12. The minimum absolute atomic E-state index is 0.278. The number of unbranched alkanes of at least 4 members (excludes halogenated alkanes) is 4. The Kier molecular flexibility index (Phi) is 6.85. The average molecular weight is 222 g/mol. The largest absolute Gasteiger partial charge is 0.443 e. The molecule has 0 nitrogen and oxygen atoms in total. The van der Waals surface area contributed by atoms with Crippen molar-refractivity contribution >= 4 is 0 Å². The van der Waals surface area contributed by atoms with Gasteiger partial charge in [-0.2, -0.15) is 13.2 Å². The van der Waals surface area contributed by atoms with Crippen LogP contribution in [0.15, 0.2) is 11.9 Å². The molecule has 0 radical (unpaired) electrons. The number of hydrogen-bond acceptors (Lipinski definition) is 0. The van der Waals surface area contributed by atoms with Crippen LogP contribution in [0, 0.1) is 11.8 Å². The summed E-state index contributed by atoms with van der Waals surface area (Å²) < 4.78 is 47.0. The standard InChI is InChI=1S/C11H14F4/c1-2-3-4-5-6-7-8-9-10(12)11(13,14)15/h9H,2-6H2,1H3/b10-9-. The van der Waals surface area contributed by atoms with Crippen LogP contribution < -0.4 is 0 Å². The first-order valence-electron chi connectivity index (χ1n) is 4.89. The van der Waals surface area contributed by atoms with Crippen LogP contribution in [0.2, 0.25) is 0 Å². The van der Waals surface area contributed by atoms with Crippen LogP contribution in [0.5, 0.6) is 0 Å². The van der Waals surface area contributed by atoms with Gasteiger partial charge in [-0.25, -0.2) is 4.39 Å². The molecule has 0 fully saturated rings. The first kappa shape index (κ1) is 14.0. The average Bonchev–Trinajstić information content (AvgIpc) is 2.14. The second kappa shape index (κ2) is 7.33. The van der Waals surface area contributed by atoms with Crippen LogP contribution in [0.25, 0.3) is 0 Å². The highest BCUT2D eigenvalue weighted by atomic mass is 19.4. The Hall–Kier alpha value is -0.980. The summed E-state index contributed by atoms with van der Waals surface area (Å²) in [6.07, 6.45) is -0.0677. The molecule has 0 spiro atoms. The van der Waals surface area contributed by atoms with Gasteiger partial charge in [0.1, 0.15) is 0 Å². The molecule has 0 aliphatic carbocycles. The Bertz CT molecular complexity index is 252. The van der Waals surface area contributed by atoms with E-state index in [1.54, 1.807) is 0 Å². The summed E-state index contributed by atoms with van der Waals surface area (Å²) in [4.78, 5) is 0. The van der Waals surface area contributed by atoms with Crippen molar-refractivity contribution < 1.29 is 17.6 Å². The van der Waals surface area contributed by atoms with Crippen molar-refractivity contribution in [1.29, 1.82) is 0 Å². The molecular weight excluding hydrogens is 208 g/mol. The van der Waals surface area contributed by atoms with Crippen LogP contribution in [0.1, 0.15) is 39.0 Å². The van der Waals surface area contributed by atoms with E-state index in [0.29, 0.717) is 6.42 Å². The molecule has 0 aromatic carbocycles. The first-order valence-corrected chi connectivity index (χ1v) is 4.89. The lowest BCUT2D eigenvalue weighted by molar-refractivity contribution is -0.108. The molecule has 0 N–H and O–H groups in total. The molecule has 0 saturated carbocycles. The maximum absolute atomic E-state index is 12.2. The molecule has 0 unspecified atom stereocenters. The van der Waals surface area contributed by atoms with E-state index in [-0.39, 0.29) is 6.08 Å². The van der Waals surface area contributed by atoms with Gasteiger partial charge in [-0.3, -0.25) is 0 Å². The minimum atomic E-state index is -4.91. The van der Waals surface area contributed by atoms with E-state index in [2.05, 4.69) is 18.8 Å². The van der Waals surface area contributed by atoms with Gasteiger partial charge in [-0.15, -0.1) is 0 Å². The zero-order valence-corrected chi connectivity index (χ0v) is 8.62. The molecule has 0 amide bonds. The fraction of sp³-hybridized carbons (Fsp3) is 0.636. The summed E-state index contributed by atoms with van der Waals surface area (Å²) in [6, 6.07) is 0. The highest BCUT2D eigenvalue weighted by Gasteiger charge is 2.34. The number of hydrogen-bond donors (Lipinski definition) is 0. The van der Waals surface area contributed by atoms with Crippen LogP contribution >= 0.6 is 0 Å². The molecule has 0 rings (SSSR count). The number of halogens is 4. The molecule has 0 aliphatic heterocycles. The van der Waals surface area contributed by atoms with Gasteiger partial charge in [0, 0.05) is 12.5 Å². The molecule has 0 aromatic rings. The fourth-order valence-electron chi connectivity index (χ4n) is 0.909. The second-order valence-corrected chi connectivity index (χ2v) is 3.12. The van der Waals surface area contributed by atoms with Crippen LogP contribution in [0.3, 0.4) is 0 Å². The van der Waals surface area contributed by atoms with Gasteiger partial charge in [0.15, 0.2) is 0 Å². The predicted octanol–water partition coefficient (Wildman–Crippen LogP) is 4.38. The molecule has 86 valence electrons. The van der Waals surface area contributed by atoms with E-state index in [0.717, 1.165) is 25.7 Å². The molecule has 0 saturated heterocycles. The Morgan fingerprint density at radius 3 is 2.40 bits per heavy atom. The third-order valence-corrected chi connectivity index (χ3v) is 1.73. The fourth-order valence-corrected chi connectivity index (χ4v) is 0.909. The van der Waals surface area contributed by atoms with Crippen molar-refractivity contribution in [2.75, 3.05) is 0 Å². The summed E-state index contributed by atoms with van der Waals surface area (Å²) in [5.41, 5.74) is 0. The van der Waals surface area contributed by atoms with Crippen molar-refractivity contribution in [2.24, 2.45) is 0 Å². The lowest BCUT2D eigenvalue weighted by atomic mass is 10.2. The van der Waals surface area contributed by atoms with E-state index < -0.39 is 12.0 Å². The molecule has 4 heteroatoms. The summed E-state index contributed by atoms with van der Waals surface area (Å²) in [7, 11) is 0. The topological polar surface area (TPSA) is 0 Å². The zero-order valence-electron chi connectivity index (χ0n) is 8.62. The maximum Gasteiger partial charge on any atom is 0.443 e. The van der Waals surface area contributed by atoms with Gasteiger partial charge in [0.2, 0.25) is 5.83 Å². The summed E-state index contributed by atoms with van der Waals surface area (Å²) in [5, 5.41) is 0. The Labute approximate surface area is 87.4 Å². The monoisotopic (exact) mass is 222 g/mol. The highest BCUT2D eigenvalue weighted by Crippen LogP contribution is 2.25. The van der Waals surface area contributed by atoms with Gasteiger partial charge in [0.25, 0.3) is 0 Å². The van der Waals surface area contributed by atoms with E-state index >= 15 is 0 Å². The van der Waals surface area contributed by atoms with Crippen LogP contribution in [0.4, 0.5) is 17.6 Å². The van der Waals surface area contributed by atoms with Crippen molar-refractivity contribution in [3.8, 4) is 11.8 Å². The van der Waals surface area contributed by atoms with Crippen LogP contribution in [-0.4, -0.2) is 6.18 Å². The van der Waals surface area contributed by atoms with E-state index in [4.69, 9.17) is 0 Å². The quantitative estimate of drug-likeness (QED) is 0.376. The van der Waals surface area contributed by atoms with Crippen molar-refractivity contribution in [3.63, 3.8) is 0 Å². The normalized spacial score (nSPS) is 12.2. The summed E-state index contributed by atoms with van der Waals surface area (Å²) in [6.45, 7) is 2.06. The third-order valence-electron chi connectivity index (χ3n) is 1.73. The van der Waals surface area contributed by atoms with Gasteiger partial charge in [-0.1, -0.05) is 38.0 Å². The lowest BCUT2D eigenvalue weighted by Gasteiger charge is -1.99. The van der Waals surface area contributed by atoms with Gasteiger partial charge in [-0.05, 0) is 6.42 Å². The molecule has 0 aliphatic rings. The van der Waals surface area contributed by atoms with E-state index in [1.165, 1.54) is 0 Å². The van der Waals surface area contributed by atoms with Gasteiger partial charge >= 0.3 is 6.18 Å². The zero-order chi connectivity index (χ0) is 11.7.